The largest absolute Gasteiger partial charge is 0.486 e. The molecule has 0 fully saturated rings. The fraction of sp³-hybridized carbons (Fsp3) is 0.143. The molecule has 0 atom stereocenters. The molecular weight excluding hydrogens is 246 g/mol. The molecule has 0 saturated carbocycles. The van der Waals surface area contributed by atoms with Crippen molar-refractivity contribution in [3.05, 3.63) is 64.1 Å². The van der Waals surface area contributed by atoms with Gasteiger partial charge in [0.1, 0.15) is 6.61 Å². The normalized spacial score (nSPS) is 9.95. The van der Waals surface area contributed by atoms with Gasteiger partial charge in [-0.1, -0.05) is 30.3 Å². The van der Waals surface area contributed by atoms with E-state index in [0.29, 0.717) is 6.61 Å². The first-order valence-electron chi connectivity index (χ1n) is 5.69. The summed E-state index contributed by atoms with van der Waals surface area (Å²) >= 11 is 0. The average Bonchev–Trinajstić information content (AvgIpc) is 2.46. The van der Waals surface area contributed by atoms with Crippen LogP contribution in [0.4, 0.5) is 0 Å². The highest BCUT2D eigenvalue weighted by atomic mass is 16.5. The molecule has 0 bridgehead atoms. The predicted molar refractivity (Wildman–Crippen MR) is 69.2 cm³/mol. The van der Waals surface area contributed by atoms with E-state index in [1.165, 1.54) is 19.2 Å². The van der Waals surface area contributed by atoms with Crippen molar-refractivity contribution >= 4 is 5.97 Å². The molecule has 0 unspecified atom stereocenters. The molecular formula is C14H13NO4. The van der Waals surface area contributed by atoms with Crippen LogP contribution >= 0.6 is 0 Å². The van der Waals surface area contributed by atoms with Gasteiger partial charge in [-0.25, -0.2) is 4.79 Å². The van der Waals surface area contributed by atoms with Crippen molar-refractivity contribution in [2.45, 2.75) is 6.61 Å². The molecule has 2 rings (SSSR count). The summed E-state index contributed by atoms with van der Waals surface area (Å²) in [6.07, 6.45) is 0. The number of nitrogens with one attached hydrogen (secondary N) is 1. The predicted octanol–water partition coefficient (Wildman–Crippen LogP) is 1.74. The Morgan fingerprint density at radius 2 is 1.89 bits per heavy atom. The molecule has 0 radical (unpaired) electrons. The van der Waals surface area contributed by atoms with E-state index in [9.17, 15) is 9.59 Å². The second-order valence-corrected chi connectivity index (χ2v) is 3.83. The number of benzene rings is 1. The SMILES string of the molecule is COC(=O)c1[nH]c(=O)ccc1OCc1ccccc1. The monoisotopic (exact) mass is 259 g/mol. The number of esters is 1. The van der Waals surface area contributed by atoms with Gasteiger partial charge in [-0.15, -0.1) is 0 Å². The number of methoxy groups -OCH3 is 1. The van der Waals surface area contributed by atoms with Crippen LogP contribution in [-0.4, -0.2) is 18.1 Å². The number of aromatic nitrogens is 1. The number of hydrogen-bond donors (Lipinski definition) is 1. The summed E-state index contributed by atoms with van der Waals surface area (Å²) < 4.78 is 10.1. The molecule has 1 heterocycles. The Kier molecular flexibility index (Phi) is 3.97. The van der Waals surface area contributed by atoms with Crippen molar-refractivity contribution in [2.75, 3.05) is 7.11 Å². The minimum Gasteiger partial charge on any atom is -0.486 e. The van der Waals surface area contributed by atoms with Crippen LogP contribution in [0, 0.1) is 0 Å². The van der Waals surface area contributed by atoms with Crippen LogP contribution in [0.5, 0.6) is 5.75 Å². The quantitative estimate of drug-likeness (QED) is 0.849. The van der Waals surface area contributed by atoms with Crippen LogP contribution in [0.3, 0.4) is 0 Å². The van der Waals surface area contributed by atoms with E-state index >= 15 is 0 Å². The number of ether oxygens (including phenoxy) is 2. The van der Waals surface area contributed by atoms with E-state index in [4.69, 9.17) is 4.74 Å². The first-order chi connectivity index (χ1) is 9.20. The standard InChI is InChI=1S/C14H13NO4/c1-18-14(17)13-11(7-8-12(16)15-13)19-9-10-5-3-2-4-6-10/h2-8H,9H2,1H3,(H,15,16). The average molecular weight is 259 g/mol. The van der Waals surface area contributed by atoms with Gasteiger partial charge in [0.2, 0.25) is 5.56 Å². The highest BCUT2D eigenvalue weighted by molar-refractivity contribution is 5.90. The zero-order valence-corrected chi connectivity index (χ0v) is 10.4. The molecule has 2 aromatic rings. The molecule has 5 nitrogen and oxygen atoms in total. The van der Waals surface area contributed by atoms with Crippen molar-refractivity contribution in [2.24, 2.45) is 0 Å². The maximum absolute atomic E-state index is 11.5. The lowest BCUT2D eigenvalue weighted by Crippen LogP contribution is -2.15. The number of rotatable bonds is 4. The first-order valence-corrected chi connectivity index (χ1v) is 5.69. The number of carbonyl (C=O) groups is 1. The second kappa shape index (κ2) is 5.86. The van der Waals surface area contributed by atoms with Crippen molar-refractivity contribution in [1.29, 1.82) is 0 Å². The molecule has 0 aliphatic rings. The van der Waals surface area contributed by atoms with Crippen LogP contribution in [0.2, 0.25) is 0 Å². The summed E-state index contributed by atoms with van der Waals surface area (Å²) in [5.74, 6) is -0.351. The highest BCUT2D eigenvalue weighted by Gasteiger charge is 2.14. The molecule has 1 aromatic heterocycles. The van der Waals surface area contributed by atoms with E-state index in [-0.39, 0.29) is 17.0 Å². The summed E-state index contributed by atoms with van der Waals surface area (Å²) in [5.41, 5.74) is 0.600. The van der Waals surface area contributed by atoms with E-state index in [2.05, 4.69) is 9.72 Å². The molecule has 98 valence electrons. The Hall–Kier alpha value is -2.56. The van der Waals surface area contributed by atoms with E-state index in [0.717, 1.165) is 5.56 Å². The maximum Gasteiger partial charge on any atom is 0.358 e. The van der Waals surface area contributed by atoms with Crippen molar-refractivity contribution in [1.82, 2.24) is 4.98 Å². The maximum atomic E-state index is 11.5. The Balaban J connectivity index is 2.20. The zero-order valence-electron chi connectivity index (χ0n) is 10.4. The van der Waals surface area contributed by atoms with E-state index < -0.39 is 5.97 Å². The van der Waals surface area contributed by atoms with Gasteiger partial charge in [-0.3, -0.25) is 4.79 Å². The van der Waals surface area contributed by atoms with Crippen LogP contribution in [-0.2, 0) is 11.3 Å². The van der Waals surface area contributed by atoms with Crippen LogP contribution in [0.15, 0.2) is 47.3 Å². The Labute approximate surface area is 109 Å². The molecule has 1 N–H and O–H groups in total. The third kappa shape index (κ3) is 3.22. The molecule has 0 aliphatic heterocycles. The highest BCUT2D eigenvalue weighted by Crippen LogP contribution is 2.16. The van der Waals surface area contributed by atoms with Gasteiger partial charge in [0.05, 0.1) is 7.11 Å². The lowest BCUT2D eigenvalue weighted by Gasteiger charge is -2.09. The number of hydrogen-bond acceptors (Lipinski definition) is 4. The van der Waals surface area contributed by atoms with Gasteiger partial charge in [-0.05, 0) is 11.6 Å². The van der Waals surface area contributed by atoms with Crippen molar-refractivity contribution < 1.29 is 14.3 Å². The lowest BCUT2D eigenvalue weighted by molar-refractivity contribution is 0.0588. The number of pyridine rings is 1. The number of H-pyrrole nitrogens is 1. The fourth-order valence-corrected chi connectivity index (χ4v) is 1.57. The van der Waals surface area contributed by atoms with Gasteiger partial charge >= 0.3 is 5.97 Å². The Morgan fingerprint density at radius 1 is 1.16 bits per heavy atom. The van der Waals surface area contributed by atoms with Crippen LogP contribution < -0.4 is 10.3 Å². The minimum atomic E-state index is -0.638. The first kappa shape index (κ1) is 12.9. The summed E-state index contributed by atoms with van der Waals surface area (Å²) in [7, 11) is 1.24. The third-order valence-electron chi connectivity index (χ3n) is 2.51. The van der Waals surface area contributed by atoms with Gasteiger partial charge < -0.3 is 14.5 Å². The van der Waals surface area contributed by atoms with Gasteiger partial charge in [0, 0.05) is 6.07 Å². The molecule has 0 spiro atoms. The van der Waals surface area contributed by atoms with Crippen LogP contribution in [0.25, 0.3) is 0 Å². The smallest absolute Gasteiger partial charge is 0.358 e. The second-order valence-electron chi connectivity index (χ2n) is 3.83. The summed E-state index contributed by atoms with van der Waals surface area (Å²) in [6.45, 7) is 0.302. The van der Waals surface area contributed by atoms with E-state index in [1.54, 1.807) is 0 Å². The Bertz CT molecular complexity index is 619. The van der Waals surface area contributed by atoms with Gasteiger partial charge in [0.25, 0.3) is 0 Å². The molecule has 0 saturated heterocycles. The molecule has 5 heteroatoms. The van der Waals surface area contributed by atoms with Crippen LogP contribution in [0.1, 0.15) is 16.1 Å². The summed E-state index contributed by atoms with van der Waals surface area (Å²) in [6, 6.07) is 12.3. The van der Waals surface area contributed by atoms with Crippen molar-refractivity contribution in [3.8, 4) is 5.75 Å². The van der Waals surface area contributed by atoms with E-state index in [1.807, 2.05) is 30.3 Å². The van der Waals surface area contributed by atoms with Gasteiger partial charge in [0.15, 0.2) is 11.4 Å². The van der Waals surface area contributed by atoms with Crippen molar-refractivity contribution in [3.63, 3.8) is 0 Å². The summed E-state index contributed by atoms with van der Waals surface area (Å²) in [5, 5.41) is 0. The minimum absolute atomic E-state index is 0.0194. The summed E-state index contributed by atoms with van der Waals surface area (Å²) in [4.78, 5) is 25.2. The molecule has 19 heavy (non-hydrogen) atoms. The third-order valence-corrected chi connectivity index (χ3v) is 2.51. The molecule has 1 aromatic carbocycles. The number of aromatic amines is 1. The van der Waals surface area contributed by atoms with Gasteiger partial charge in [-0.2, -0.15) is 0 Å². The number of carbonyl (C=O) groups excluding carboxylic acids is 1. The topological polar surface area (TPSA) is 68.4 Å². The zero-order chi connectivity index (χ0) is 13.7. The molecule has 0 amide bonds. The lowest BCUT2D eigenvalue weighted by atomic mass is 10.2. The fourth-order valence-electron chi connectivity index (χ4n) is 1.57. The molecule has 0 aliphatic carbocycles. The Morgan fingerprint density at radius 3 is 2.58 bits per heavy atom.